The molecule has 0 saturated carbocycles. The van der Waals surface area contributed by atoms with Gasteiger partial charge in [-0.25, -0.2) is 8.42 Å². The van der Waals surface area contributed by atoms with Crippen molar-refractivity contribution in [3.63, 3.8) is 0 Å². The number of benzene rings is 1. The first-order chi connectivity index (χ1) is 7.64. The molecule has 17 heavy (non-hydrogen) atoms. The second kappa shape index (κ2) is 5.16. The summed E-state index contributed by atoms with van der Waals surface area (Å²) < 4.78 is 60.1. The minimum absolute atomic E-state index is 0.0885. The number of hydrogen-bond donors (Lipinski definition) is 0. The Labute approximate surface area is 110 Å². The lowest BCUT2D eigenvalue weighted by atomic mass is 10.4. The number of halogens is 5. The van der Waals surface area contributed by atoms with Crippen molar-refractivity contribution in [1.29, 1.82) is 0 Å². The van der Waals surface area contributed by atoms with Gasteiger partial charge in [0.05, 0.1) is 15.7 Å². The van der Waals surface area contributed by atoms with E-state index in [0.29, 0.717) is 0 Å². The van der Waals surface area contributed by atoms with Gasteiger partial charge in [-0.3, -0.25) is 0 Å². The molecule has 0 aliphatic rings. The van der Waals surface area contributed by atoms with Crippen LogP contribution in [0.15, 0.2) is 29.2 Å². The second-order valence-corrected chi connectivity index (χ2v) is 6.74. The van der Waals surface area contributed by atoms with Crippen LogP contribution in [0, 0.1) is 0 Å². The fourth-order valence-corrected chi connectivity index (χ4v) is 4.01. The maximum Gasteiger partial charge on any atom is 0.402 e. The van der Waals surface area contributed by atoms with E-state index in [1.54, 1.807) is 0 Å². The first-order valence-electron chi connectivity index (χ1n) is 4.32. The molecule has 0 radical (unpaired) electrons. The quantitative estimate of drug-likeness (QED) is 0.782. The van der Waals surface area contributed by atoms with E-state index in [2.05, 4.69) is 15.9 Å². The average molecular weight is 352 g/mol. The van der Waals surface area contributed by atoms with Crippen LogP contribution >= 0.6 is 27.5 Å². The van der Waals surface area contributed by atoms with Gasteiger partial charge in [0, 0.05) is 0 Å². The van der Waals surface area contributed by atoms with Gasteiger partial charge in [0.15, 0.2) is 9.84 Å². The largest absolute Gasteiger partial charge is 0.402 e. The van der Waals surface area contributed by atoms with Crippen LogP contribution in [0.4, 0.5) is 13.2 Å². The maximum atomic E-state index is 12.3. The van der Waals surface area contributed by atoms with Gasteiger partial charge in [-0.2, -0.15) is 13.2 Å². The van der Waals surface area contributed by atoms with E-state index in [-0.39, 0.29) is 9.92 Å². The SMILES string of the molecule is O=S(=O)(CC(Br)C(F)(F)F)c1ccccc1Cl. The summed E-state index contributed by atoms with van der Waals surface area (Å²) in [6.45, 7) is 0. The Balaban J connectivity index is 3.03. The third-order valence-electron chi connectivity index (χ3n) is 1.89. The predicted octanol–water partition coefficient (Wildman–Crippen LogP) is 3.44. The van der Waals surface area contributed by atoms with Gasteiger partial charge in [0.1, 0.15) is 4.83 Å². The summed E-state index contributed by atoms with van der Waals surface area (Å²) in [5.41, 5.74) is 0. The van der Waals surface area contributed by atoms with Crippen LogP contribution in [-0.4, -0.2) is 25.2 Å². The molecule has 0 amide bonds. The minimum atomic E-state index is -4.62. The molecule has 1 aromatic carbocycles. The van der Waals surface area contributed by atoms with Crippen molar-refractivity contribution >= 4 is 37.4 Å². The molecule has 1 atom stereocenters. The molecule has 2 nitrogen and oxygen atoms in total. The van der Waals surface area contributed by atoms with E-state index < -0.39 is 26.6 Å². The van der Waals surface area contributed by atoms with Gasteiger partial charge in [-0.1, -0.05) is 39.7 Å². The third kappa shape index (κ3) is 3.86. The van der Waals surface area contributed by atoms with Crippen molar-refractivity contribution in [2.24, 2.45) is 0 Å². The van der Waals surface area contributed by atoms with Crippen molar-refractivity contribution in [3.05, 3.63) is 29.3 Å². The summed E-state index contributed by atoms with van der Waals surface area (Å²) in [6.07, 6.45) is -4.62. The molecule has 1 rings (SSSR count). The molecule has 0 aliphatic heterocycles. The first kappa shape index (κ1) is 14.8. The number of sulfone groups is 1. The Hall–Kier alpha value is -0.270. The molecule has 0 bridgehead atoms. The fraction of sp³-hybridized carbons (Fsp3) is 0.333. The highest BCUT2D eigenvalue weighted by atomic mass is 79.9. The van der Waals surface area contributed by atoms with E-state index in [0.717, 1.165) is 0 Å². The number of rotatable bonds is 3. The monoisotopic (exact) mass is 350 g/mol. The smallest absolute Gasteiger partial charge is 0.224 e. The summed E-state index contributed by atoms with van der Waals surface area (Å²) in [4.78, 5) is -2.41. The summed E-state index contributed by atoms with van der Waals surface area (Å²) in [5, 5.41) is -0.0885. The topological polar surface area (TPSA) is 34.1 Å². The Morgan fingerprint density at radius 2 is 1.82 bits per heavy atom. The Kier molecular flexibility index (Phi) is 4.49. The third-order valence-corrected chi connectivity index (χ3v) is 5.40. The van der Waals surface area contributed by atoms with Crippen LogP contribution in [0.3, 0.4) is 0 Å². The molecule has 1 unspecified atom stereocenters. The molecule has 96 valence electrons. The zero-order valence-corrected chi connectivity index (χ0v) is 11.4. The molecule has 8 heteroatoms. The lowest BCUT2D eigenvalue weighted by molar-refractivity contribution is -0.123. The number of hydrogen-bond acceptors (Lipinski definition) is 2. The van der Waals surface area contributed by atoms with Crippen LogP contribution < -0.4 is 0 Å². The molecular weight excluding hydrogens is 345 g/mol. The van der Waals surface area contributed by atoms with E-state index in [1.165, 1.54) is 24.3 Å². The van der Waals surface area contributed by atoms with Gasteiger partial charge < -0.3 is 0 Å². The molecule has 0 spiro atoms. The van der Waals surface area contributed by atoms with Crippen LogP contribution in [0.1, 0.15) is 0 Å². The van der Waals surface area contributed by atoms with Crippen LogP contribution in [0.5, 0.6) is 0 Å². The highest BCUT2D eigenvalue weighted by Gasteiger charge is 2.41. The molecule has 0 heterocycles. The summed E-state index contributed by atoms with van der Waals surface area (Å²) in [6, 6.07) is 5.38. The molecule has 0 saturated heterocycles. The highest BCUT2D eigenvalue weighted by molar-refractivity contribution is 9.09. The highest BCUT2D eigenvalue weighted by Crippen LogP contribution is 2.30. The summed E-state index contributed by atoms with van der Waals surface area (Å²) in [7, 11) is -4.07. The average Bonchev–Trinajstić information content (AvgIpc) is 2.15. The van der Waals surface area contributed by atoms with Crippen molar-refractivity contribution in [3.8, 4) is 0 Å². The number of alkyl halides is 4. The van der Waals surface area contributed by atoms with Crippen LogP contribution in [-0.2, 0) is 9.84 Å². The first-order valence-corrected chi connectivity index (χ1v) is 7.27. The maximum absolute atomic E-state index is 12.3. The molecule has 0 fully saturated rings. The predicted molar refractivity (Wildman–Crippen MR) is 62.3 cm³/mol. The fourth-order valence-electron chi connectivity index (χ4n) is 1.07. The molecule has 0 aromatic heterocycles. The minimum Gasteiger partial charge on any atom is -0.224 e. The standard InChI is InChI=1S/C9H7BrClF3O2S/c10-8(9(12,13)14)5-17(15,16)7-4-2-1-3-6(7)11/h1-4,8H,5H2. The van der Waals surface area contributed by atoms with Crippen molar-refractivity contribution in [1.82, 2.24) is 0 Å². The van der Waals surface area contributed by atoms with Gasteiger partial charge in [-0.15, -0.1) is 0 Å². The second-order valence-electron chi connectivity index (χ2n) is 3.22. The molecule has 0 aliphatic carbocycles. The molecule has 0 N–H and O–H groups in total. The molecular formula is C9H7BrClF3O2S. The lowest BCUT2D eigenvalue weighted by Gasteiger charge is -2.14. The van der Waals surface area contributed by atoms with Gasteiger partial charge in [0.25, 0.3) is 0 Å². The van der Waals surface area contributed by atoms with Crippen LogP contribution in [0.2, 0.25) is 5.02 Å². The lowest BCUT2D eigenvalue weighted by Crippen LogP contribution is -2.30. The van der Waals surface area contributed by atoms with Crippen molar-refractivity contribution in [2.45, 2.75) is 15.9 Å². The normalized spacial score (nSPS) is 14.6. The van der Waals surface area contributed by atoms with Crippen LogP contribution in [0.25, 0.3) is 0 Å². The van der Waals surface area contributed by atoms with E-state index >= 15 is 0 Å². The van der Waals surface area contributed by atoms with Gasteiger partial charge in [0.2, 0.25) is 0 Å². The summed E-state index contributed by atoms with van der Waals surface area (Å²) >= 11 is 7.94. The van der Waals surface area contributed by atoms with E-state index in [1.807, 2.05) is 0 Å². The zero-order valence-electron chi connectivity index (χ0n) is 8.21. The van der Waals surface area contributed by atoms with Crippen molar-refractivity contribution in [2.75, 3.05) is 5.75 Å². The van der Waals surface area contributed by atoms with Crippen molar-refractivity contribution < 1.29 is 21.6 Å². The molecule has 1 aromatic rings. The van der Waals surface area contributed by atoms with Gasteiger partial charge >= 0.3 is 6.18 Å². The summed E-state index contributed by atoms with van der Waals surface area (Å²) in [5.74, 6) is -1.08. The van der Waals surface area contributed by atoms with E-state index in [4.69, 9.17) is 11.6 Å². The Morgan fingerprint density at radius 1 is 1.29 bits per heavy atom. The Morgan fingerprint density at radius 3 is 2.29 bits per heavy atom. The Bertz CT molecular complexity index is 501. The van der Waals surface area contributed by atoms with E-state index in [9.17, 15) is 21.6 Å². The zero-order chi connectivity index (χ0) is 13.3. The van der Waals surface area contributed by atoms with Gasteiger partial charge in [-0.05, 0) is 12.1 Å².